The summed E-state index contributed by atoms with van der Waals surface area (Å²) in [5.74, 6) is -0.0649. The van der Waals surface area contributed by atoms with Crippen LogP contribution in [-0.2, 0) is 16.3 Å². The van der Waals surface area contributed by atoms with Gasteiger partial charge in [-0.1, -0.05) is 43.3 Å². The Labute approximate surface area is 131 Å². The number of rotatable bonds is 5. The molecular formula is C18H18O3S. The van der Waals surface area contributed by atoms with E-state index in [1.165, 1.54) is 6.08 Å². The molecule has 2 rings (SSSR count). The summed E-state index contributed by atoms with van der Waals surface area (Å²) < 4.78 is 22.5. The van der Waals surface area contributed by atoms with Crippen LogP contribution in [0.25, 0.3) is 6.08 Å². The first-order valence-corrected chi connectivity index (χ1v) is 8.96. The molecule has 0 radical (unpaired) electrons. The molecule has 0 aliphatic heterocycles. The summed E-state index contributed by atoms with van der Waals surface area (Å²) in [5, 5.41) is 1.15. The van der Waals surface area contributed by atoms with Gasteiger partial charge in [-0.05, 0) is 35.8 Å². The normalized spacial score (nSPS) is 11.7. The molecule has 4 heteroatoms. The Morgan fingerprint density at radius 1 is 1.05 bits per heavy atom. The number of hydrogen-bond acceptors (Lipinski definition) is 3. The molecule has 0 bridgehead atoms. The number of carbonyl (C=O) groups excluding carboxylic acids is 1. The van der Waals surface area contributed by atoms with Crippen LogP contribution in [-0.4, -0.2) is 20.5 Å². The second kappa shape index (κ2) is 6.71. The lowest BCUT2D eigenvalue weighted by molar-refractivity contribution is 0.103. The summed E-state index contributed by atoms with van der Waals surface area (Å²) in [4.78, 5) is 12.5. The van der Waals surface area contributed by atoms with Crippen LogP contribution in [0.2, 0.25) is 0 Å². The molecule has 0 N–H and O–H groups in total. The van der Waals surface area contributed by atoms with Crippen molar-refractivity contribution in [3.05, 3.63) is 76.2 Å². The summed E-state index contributed by atoms with van der Waals surface area (Å²) in [7, 11) is -3.19. The van der Waals surface area contributed by atoms with Crippen molar-refractivity contribution in [2.24, 2.45) is 0 Å². The first-order valence-electron chi connectivity index (χ1n) is 7.01. The van der Waals surface area contributed by atoms with Crippen LogP contribution in [0.3, 0.4) is 0 Å². The smallest absolute Gasteiger partial charge is 0.193 e. The lowest BCUT2D eigenvalue weighted by atomic mass is 9.98. The summed E-state index contributed by atoms with van der Waals surface area (Å²) in [6.07, 6.45) is 3.44. The standard InChI is InChI=1S/C18H18O3S/c1-3-14-11-15(9-10-22(2,20)21)13-17(12-14)18(19)16-7-5-4-6-8-16/h4-13H,3H2,1-2H3/b10-9+. The predicted molar refractivity (Wildman–Crippen MR) is 89.6 cm³/mol. The molecule has 2 aromatic carbocycles. The minimum absolute atomic E-state index is 0.0649. The highest BCUT2D eigenvalue weighted by molar-refractivity contribution is 7.93. The third-order valence-corrected chi connectivity index (χ3v) is 3.86. The average molecular weight is 314 g/mol. The fourth-order valence-electron chi connectivity index (χ4n) is 2.11. The van der Waals surface area contributed by atoms with Gasteiger partial charge in [0, 0.05) is 22.8 Å². The molecule has 0 heterocycles. The largest absolute Gasteiger partial charge is 0.289 e. The molecule has 0 aliphatic rings. The highest BCUT2D eigenvalue weighted by Crippen LogP contribution is 2.17. The molecule has 0 saturated heterocycles. The Kier molecular flexibility index (Phi) is 4.93. The first-order chi connectivity index (χ1) is 10.4. The molecule has 0 spiro atoms. The van der Waals surface area contributed by atoms with Gasteiger partial charge in [-0.25, -0.2) is 8.42 Å². The molecule has 22 heavy (non-hydrogen) atoms. The van der Waals surface area contributed by atoms with Gasteiger partial charge in [0.2, 0.25) is 0 Å². The Morgan fingerprint density at radius 2 is 1.73 bits per heavy atom. The van der Waals surface area contributed by atoms with Crippen molar-refractivity contribution in [3.8, 4) is 0 Å². The van der Waals surface area contributed by atoms with Crippen LogP contribution in [0.1, 0.15) is 34.0 Å². The average Bonchev–Trinajstić information content (AvgIpc) is 2.52. The maximum absolute atomic E-state index is 12.5. The Balaban J connectivity index is 2.44. The third kappa shape index (κ3) is 4.40. The lowest BCUT2D eigenvalue weighted by Gasteiger charge is -2.06. The molecule has 0 fully saturated rings. The van der Waals surface area contributed by atoms with Crippen molar-refractivity contribution in [2.75, 3.05) is 6.26 Å². The topological polar surface area (TPSA) is 51.2 Å². The van der Waals surface area contributed by atoms with Crippen LogP contribution in [0.15, 0.2) is 53.9 Å². The molecular weight excluding hydrogens is 296 g/mol. The van der Waals surface area contributed by atoms with Crippen LogP contribution >= 0.6 is 0 Å². The van der Waals surface area contributed by atoms with Crippen molar-refractivity contribution >= 4 is 21.7 Å². The van der Waals surface area contributed by atoms with Gasteiger partial charge in [0.15, 0.2) is 15.6 Å². The van der Waals surface area contributed by atoms with Crippen molar-refractivity contribution in [3.63, 3.8) is 0 Å². The summed E-state index contributed by atoms with van der Waals surface area (Å²) in [5.41, 5.74) is 2.89. The highest BCUT2D eigenvalue weighted by atomic mass is 32.2. The fourth-order valence-corrected chi connectivity index (χ4v) is 2.51. The van der Waals surface area contributed by atoms with Crippen LogP contribution in [0, 0.1) is 0 Å². The monoisotopic (exact) mass is 314 g/mol. The lowest BCUT2D eigenvalue weighted by Crippen LogP contribution is -2.02. The van der Waals surface area contributed by atoms with E-state index in [1.54, 1.807) is 18.2 Å². The third-order valence-electron chi connectivity index (χ3n) is 3.23. The zero-order chi connectivity index (χ0) is 16.2. The molecule has 3 nitrogen and oxygen atoms in total. The van der Waals surface area contributed by atoms with Gasteiger partial charge in [0.1, 0.15) is 0 Å². The van der Waals surface area contributed by atoms with E-state index in [9.17, 15) is 13.2 Å². The van der Waals surface area contributed by atoms with Gasteiger partial charge in [0.25, 0.3) is 0 Å². The second-order valence-electron chi connectivity index (χ2n) is 5.14. The number of ketones is 1. The molecule has 0 unspecified atom stereocenters. The first kappa shape index (κ1) is 16.2. The zero-order valence-corrected chi connectivity index (χ0v) is 13.4. The predicted octanol–water partition coefficient (Wildman–Crippen LogP) is 3.50. The van der Waals surface area contributed by atoms with E-state index in [4.69, 9.17) is 0 Å². The number of sulfone groups is 1. The number of aryl methyl sites for hydroxylation is 1. The Bertz CT molecular complexity index is 803. The SMILES string of the molecule is CCc1cc(/C=C/S(C)(=O)=O)cc(C(=O)c2ccccc2)c1. The molecule has 0 saturated carbocycles. The van der Waals surface area contributed by atoms with Crippen molar-refractivity contribution < 1.29 is 13.2 Å². The van der Waals surface area contributed by atoms with Crippen molar-refractivity contribution in [2.45, 2.75) is 13.3 Å². The van der Waals surface area contributed by atoms with Crippen LogP contribution < -0.4 is 0 Å². The van der Waals surface area contributed by atoms with Gasteiger partial charge in [-0.3, -0.25) is 4.79 Å². The minimum atomic E-state index is -3.19. The minimum Gasteiger partial charge on any atom is -0.289 e. The summed E-state index contributed by atoms with van der Waals surface area (Å²) in [6, 6.07) is 14.5. The van der Waals surface area contributed by atoms with Gasteiger partial charge >= 0.3 is 0 Å². The van der Waals surface area contributed by atoms with E-state index in [2.05, 4.69) is 0 Å². The summed E-state index contributed by atoms with van der Waals surface area (Å²) in [6.45, 7) is 2.00. The molecule has 0 amide bonds. The molecule has 0 aromatic heterocycles. The molecule has 0 aliphatic carbocycles. The van der Waals surface area contributed by atoms with Gasteiger partial charge in [0.05, 0.1) is 0 Å². The van der Waals surface area contributed by atoms with Crippen LogP contribution in [0.4, 0.5) is 0 Å². The zero-order valence-electron chi connectivity index (χ0n) is 12.6. The van der Waals surface area contributed by atoms with E-state index >= 15 is 0 Å². The van der Waals surface area contributed by atoms with Gasteiger partial charge in [-0.15, -0.1) is 0 Å². The molecule has 114 valence electrons. The molecule has 0 atom stereocenters. The van der Waals surface area contributed by atoms with E-state index in [-0.39, 0.29) is 5.78 Å². The van der Waals surface area contributed by atoms with Crippen LogP contribution in [0.5, 0.6) is 0 Å². The number of benzene rings is 2. The Morgan fingerprint density at radius 3 is 2.32 bits per heavy atom. The van der Waals surface area contributed by atoms with E-state index in [0.29, 0.717) is 16.7 Å². The van der Waals surface area contributed by atoms with E-state index in [1.807, 2.05) is 37.3 Å². The van der Waals surface area contributed by atoms with Crippen molar-refractivity contribution in [1.82, 2.24) is 0 Å². The maximum Gasteiger partial charge on any atom is 0.193 e. The van der Waals surface area contributed by atoms with E-state index < -0.39 is 9.84 Å². The second-order valence-corrected chi connectivity index (χ2v) is 7.08. The van der Waals surface area contributed by atoms with Crippen molar-refractivity contribution in [1.29, 1.82) is 0 Å². The highest BCUT2D eigenvalue weighted by Gasteiger charge is 2.10. The van der Waals surface area contributed by atoms with Gasteiger partial charge in [-0.2, -0.15) is 0 Å². The Hall–Kier alpha value is -2.20. The fraction of sp³-hybridized carbons (Fsp3) is 0.167. The summed E-state index contributed by atoms with van der Waals surface area (Å²) >= 11 is 0. The maximum atomic E-state index is 12.5. The quantitative estimate of drug-likeness (QED) is 0.794. The van der Waals surface area contributed by atoms with E-state index in [0.717, 1.165) is 23.6 Å². The molecule has 2 aromatic rings. The number of hydrogen-bond donors (Lipinski definition) is 0. The number of carbonyl (C=O) groups is 1. The van der Waals surface area contributed by atoms with Gasteiger partial charge < -0.3 is 0 Å².